The van der Waals surface area contributed by atoms with Crippen molar-refractivity contribution in [2.75, 3.05) is 18.4 Å². The number of amides is 1. The number of ether oxygens (including phenoxy) is 1. The zero-order valence-corrected chi connectivity index (χ0v) is 16.8. The smallest absolute Gasteiger partial charge is 0.263 e. The average Bonchev–Trinajstić information content (AvgIpc) is 3.08. The van der Waals surface area contributed by atoms with Gasteiger partial charge in [-0.2, -0.15) is 0 Å². The van der Waals surface area contributed by atoms with E-state index in [1.807, 2.05) is 0 Å². The Balaban J connectivity index is 1.82. The molecule has 28 heavy (non-hydrogen) atoms. The summed E-state index contributed by atoms with van der Waals surface area (Å²) in [6, 6.07) is 10.5. The molecule has 0 spiro atoms. The van der Waals surface area contributed by atoms with E-state index in [4.69, 9.17) is 9.84 Å². The van der Waals surface area contributed by atoms with E-state index in [2.05, 4.69) is 15.0 Å². The summed E-state index contributed by atoms with van der Waals surface area (Å²) in [5, 5.41) is 11.9. The predicted molar refractivity (Wildman–Crippen MR) is 107 cm³/mol. The number of rotatable bonds is 7. The summed E-state index contributed by atoms with van der Waals surface area (Å²) in [7, 11) is -2.29. The quantitative estimate of drug-likeness (QED) is 0.538. The number of carbonyl (C=O) groups excluding carboxylic acids is 1. The molecule has 1 amide bonds. The number of aliphatic hydroxyl groups is 1. The van der Waals surface area contributed by atoms with Gasteiger partial charge in [0.1, 0.15) is 5.75 Å². The fraction of sp³-hybridized carbons (Fsp3) is 0.222. The summed E-state index contributed by atoms with van der Waals surface area (Å²) >= 11 is 1.13. The molecule has 1 aromatic heterocycles. The predicted octanol–water partition coefficient (Wildman–Crippen LogP) is 2.22. The van der Waals surface area contributed by atoms with Gasteiger partial charge in [0.2, 0.25) is 0 Å². The Kier molecular flexibility index (Phi) is 5.82. The molecular weight excluding hydrogens is 402 g/mol. The lowest BCUT2D eigenvalue weighted by Gasteiger charge is -2.10. The van der Waals surface area contributed by atoms with Crippen molar-refractivity contribution in [2.24, 2.45) is 0 Å². The first-order chi connectivity index (χ1) is 13.3. The van der Waals surface area contributed by atoms with Crippen molar-refractivity contribution in [3.05, 3.63) is 48.0 Å². The van der Waals surface area contributed by atoms with E-state index in [1.54, 1.807) is 37.3 Å². The number of methoxy groups -OCH3 is 1. The summed E-state index contributed by atoms with van der Waals surface area (Å²) in [6.07, 6.45) is 0. The van der Waals surface area contributed by atoms with Crippen LogP contribution in [0.2, 0.25) is 0 Å². The number of aromatic nitrogens is 1. The minimum Gasteiger partial charge on any atom is -0.497 e. The number of sulfonamides is 1. The summed E-state index contributed by atoms with van der Waals surface area (Å²) in [4.78, 5) is 16.5. The first-order valence-electron chi connectivity index (χ1n) is 8.31. The number of anilines is 1. The first kappa shape index (κ1) is 20.1. The summed E-state index contributed by atoms with van der Waals surface area (Å²) in [5.74, 6) is 0.234. The largest absolute Gasteiger partial charge is 0.497 e. The maximum absolute atomic E-state index is 12.5. The van der Waals surface area contributed by atoms with Crippen molar-refractivity contribution in [1.29, 1.82) is 0 Å². The number of benzene rings is 2. The van der Waals surface area contributed by atoms with Crippen LogP contribution in [0.3, 0.4) is 0 Å². The number of aliphatic hydroxyl groups excluding tert-OH is 1. The van der Waals surface area contributed by atoms with E-state index in [9.17, 15) is 13.2 Å². The Bertz CT molecular complexity index is 1090. The van der Waals surface area contributed by atoms with E-state index in [-0.39, 0.29) is 28.6 Å². The molecule has 2 aromatic carbocycles. The van der Waals surface area contributed by atoms with Gasteiger partial charge in [0, 0.05) is 11.6 Å². The molecule has 1 atom stereocenters. The average molecular weight is 422 g/mol. The molecule has 1 heterocycles. The lowest BCUT2D eigenvalue weighted by molar-refractivity contribution is 0.0922. The van der Waals surface area contributed by atoms with Gasteiger partial charge in [-0.15, -0.1) is 0 Å². The van der Waals surface area contributed by atoms with Crippen LogP contribution in [0.1, 0.15) is 17.3 Å². The molecule has 3 rings (SSSR count). The Morgan fingerprint density at radius 3 is 2.61 bits per heavy atom. The number of hydrogen-bond donors (Lipinski definition) is 3. The van der Waals surface area contributed by atoms with Crippen LogP contribution in [0.15, 0.2) is 47.4 Å². The van der Waals surface area contributed by atoms with E-state index in [1.165, 1.54) is 19.2 Å². The molecule has 0 radical (unpaired) electrons. The van der Waals surface area contributed by atoms with Gasteiger partial charge in [0.05, 0.1) is 28.8 Å². The van der Waals surface area contributed by atoms with Crippen LogP contribution in [0.4, 0.5) is 5.13 Å². The van der Waals surface area contributed by atoms with E-state index in [0.29, 0.717) is 21.5 Å². The molecule has 0 aliphatic rings. The summed E-state index contributed by atoms with van der Waals surface area (Å²) < 4.78 is 33.2. The van der Waals surface area contributed by atoms with Gasteiger partial charge in [-0.25, -0.2) is 13.4 Å². The van der Waals surface area contributed by atoms with E-state index < -0.39 is 10.0 Å². The van der Waals surface area contributed by atoms with Gasteiger partial charge in [0.15, 0.2) is 5.13 Å². The van der Waals surface area contributed by atoms with Crippen LogP contribution >= 0.6 is 11.3 Å². The fourth-order valence-corrected chi connectivity index (χ4v) is 4.53. The Morgan fingerprint density at radius 2 is 1.96 bits per heavy atom. The molecule has 1 unspecified atom stereocenters. The first-order valence-corrected chi connectivity index (χ1v) is 10.6. The zero-order chi connectivity index (χ0) is 20.3. The molecule has 0 saturated carbocycles. The number of fused-ring (bicyclic) bond motifs is 1. The van der Waals surface area contributed by atoms with Crippen LogP contribution in [-0.2, 0) is 10.0 Å². The van der Waals surface area contributed by atoms with Crippen molar-refractivity contribution in [1.82, 2.24) is 10.3 Å². The van der Waals surface area contributed by atoms with Crippen molar-refractivity contribution in [3.8, 4) is 5.75 Å². The van der Waals surface area contributed by atoms with E-state index in [0.717, 1.165) is 11.3 Å². The molecule has 0 aliphatic carbocycles. The van der Waals surface area contributed by atoms with Crippen molar-refractivity contribution in [2.45, 2.75) is 17.9 Å². The Labute approximate surface area is 166 Å². The number of carbonyl (C=O) groups is 1. The van der Waals surface area contributed by atoms with Gasteiger partial charge in [0.25, 0.3) is 15.9 Å². The second-order valence-electron chi connectivity index (χ2n) is 6.04. The topological polar surface area (TPSA) is 118 Å². The maximum Gasteiger partial charge on any atom is 0.263 e. The molecule has 0 saturated heterocycles. The third-order valence-electron chi connectivity index (χ3n) is 3.89. The van der Waals surface area contributed by atoms with Crippen LogP contribution < -0.4 is 14.8 Å². The number of thiazole rings is 1. The lowest BCUT2D eigenvalue weighted by Crippen LogP contribution is -2.34. The van der Waals surface area contributed by atoms with Gasteiger partial charge < -0.3 is 15.2 Å². The SMILES string of the molecule is COc1ccc(S(=O)(=O)Nc2nc3ccc(C(=O)NC(C)CO)cc3s2)cc1. The van der Waals surface area contributed by atoms with Gasteiger partial charge >= 0.3 is 0 Å². The molecule has 148 valence electrons. The van der Waals surface area contributed by atoms with Crippen LogP contribution in [-0.4, -0.2) is 44.2 Å². The summed E-state index contributed by atoms with van der Waals surface area (Å²) in [6.45, 7) is 1.53. The number of hydrogen-bond acceptors (Lipinski definition) is 7. The van der Waals surface area contributed by atoms with Gasteiger partial charge in [-0.3, -0.25) is 9.52 Å². The molecular formula is C18H19N3O5S2. The molecule has 3 aromatic rings. The van der Waals surface area contributed by atoms with Crippen LogP contribution in [0.5, 0.6) is 5.75 Å². The minimum atomic E-state index is -3.80. The van der Waals surface area contributed by atoms with Crippen LogP contribution in [0.25, 0.3) is 10.2 Å². The highest BCUT2D eigenvalue weighted by Gasteiger charge is 2.17. The third kappa shape index (κ3) is 4.41. The molecule has 10 heteroatoms. The Hall–Kier alpha value is -2.69. The van der Waals surface area contributed by atoms with Gasteiger partial charge in [-0.1, -0.05) is 11.3 Å². The monoisotopic (exact) mass is 421 g/mol. The number of nitrogens with zero attached hydrogens (tertiary/aromatic N) is 1. The second kappa shape index (κ2) is 8.13. The molecule has 0 bridgehead atoms. The fourth-order valence-electron chi connectivity index (χ4n) is 2.39. The standard InChI is InChI=1S/C18H19N3O5S2/c1-11(10-22)19-17(23)12-3-8-15-16(9-12)27-18(20-15)21-28(24,25)14-6-4-13(26-2)5-7-14/h3-9,11,22H,10H2,1-2H3,(H,19,23)(H,20,21). The number of nitrogens with one attached hydrogen (secondary N) is 2. The highest BCUT2D eigenvalue weighted by Crippen LogP contribution is 2.29. The zero-order valence-electron chi connectivity index (χ0n) is 15.2. The highest BCUT2D eigenvalue weighted by atomic mass is 32.2. The van der Waals surface area contributed by atoms with Crippen LogP contribution in [0, 0.1) is 0 Å². The maximum atomic E-state index is 12.5. The molecule has 0 aliphatic heterocycles. The van der Waals surface area contributed by atoms with Crippen molar-refractivity contribution in [3.63, 3.8) is 0 Å². The third-order valence-corrected chi connectivity index (χ3v) is 6.31. The molecule has 8 nitrogen and oxygen atoms in total. The molecule has 3 N–H and O–H groups in total. The second-order valence-corrected chi connectivity index (χ2v) is 8.75. The van der Waals surface area contributed by atoms with Crippen molar-refractivity contribution < 1.29 is 23.1 Å². The highest BCUT2D eigenvalue weighted by molar-refractivity contribution is 7.93. The van der Waals surface area contributed by atoms with Crippen molar-refractivity contribution >= 4 is 42.6 Å². The van der Waals surface area contributed by atoms with E-state index >= 15 is 0 Å². The minimum absolute atomic E-state index is 0.0885. The normalized spacial score (nSPS) is 12.5. The lowest BCUT2D eigenvalue weighted by atomic mass is 10.2. The molecule has 0 fully saturated rings. The Morgan fingerprint density at radius 1 is 1.25 bits per heavy atom. The van der Waals surface area contributed by atoms with Gasteiger partial charge in [-0.05, 0) is 49.4 Å². The summed E-state index contributed by atoms with van der Waals surface area (Å²) in [5.41, 5.74) is 0.977.